The van der Waals surface area contributed by atoms with Gasteiger partial charge in [-0.15, -0.1) is 0 Å². The number of rotatable bonds is 0. The molecular weight excluding hydrogens is 178 g/mol. The van der Waals surface area contributed by atoms with Gasteiger partial charge in [0.05, 0.1) is 5.69 Å². The molecule has 1 aromatic rings. The number of aryl methyl sites for hydroxylation is 2. The van der Waals surface area contributed by atoms with Crippen LogP contribution in [0.4, 0.5) is 5.69 Å². The third-order valence-corrected chi connectivity index (χ3v) is 3.33. The van der Waals surface area contributed by atoms with E-state index in [1.165, 1.54) is 21.6 Å². The van der Waals surface area contributed by atoms with Crippen LogP contribution in [0.25, 0.3) is 0 Å². The van der Waals surface area contributed by atoms with Crippen molar-refractivity contribution in [3.05, 3.63) is 28.2 Å². The number of nitrogens with zero attached hydrogens (tertiary/aromatic N) is 1. The molecule has 2 rings (SSSR count). The highest BCUT2D eigenvalue weighted by Crippen LogP contribution is 2.38. The molecule has 0 bridgehead atoms. The van der Waals surface area contributed by atoms with Gasteiger partial charge in [0.1, 0.15) is 0 Å². The van der Waals surface area contributed by atoms with Crippen molar-refractivity contribution < 1.29 is 0 Å². The Bertz CT molecular complexity index is 426. The summed E-state index contributed by atoms with van der Waals surface area (Å²) in [5.41, 5.74) is 4.99. The molecule has 1 nitrogen and oxygen atoms in total. The average molecular weight is 189 g/mol. The van der Waals surface area contributed by atoms with E-state index in [0.717, 1.165) is 5.69 Å². The lowest BCUT2D eigenvalue weighted by molar-refractivity contribution is 1.19. The van der Waals surface area contributed by atoms with Crippen molar-refractivity contribution in [1.82, 2.24) is 0 Å². The van der Waals surface area contributed by atoms with Crippen molar-refractivity contribution in [1.29, 1.82) is 0 Å². The largest absolute Gasteiger partial charge is 0.204 e. The van der Waals surface area contributed by atoms with Gasteiger partial charge in [-0.05, 0) is 43.3 Å². The van der Waals surface area contributed by atoms with Crippen LogP contribution in [0.15, 0.2) is 21.4 Å². The molecule has 1 heterocycles. The van der Waals surface area contributed by atoms with Crippen molar-refractivity contribution in [2.45, 2.75) is 25.7 Å². The molecule has 1 aliphatic heterocycles. The van der Waals surface area contributed by atoms with Crippen LogP contribution in [0.3, 0.4) is 0 Å². The number of aliphatic imine (C=N–C) groups is 1. The topological polar surface area (TPSA) is 12.4 Å². The molecule has 0 aromatic heterocycles. The van der Waals surface area contributed by atoms with Gasteiger partial charge in [-0.25, -0.2) is 4.99 Å². The third-order valence-electron chi connectivity index (χ3n) is 2.36. The SMILES string of the molecule is Cc1cc(C)c2c(c1C)N=C=CS2. The van der Waals surface area contributed by atoms with Gasteiger partial charge in [0, 0.05) is 10.3 Å². The molecule has 0 amide bonds. The zero-order valence-corrected chi connectivity index (χ0v) is 8.83. The molecule has 13 heavy (non-hydrogen) atoms. The predicted octanol–water partition coefficient (Wildman–Crippen LogP) is 3.53. The second-order valence-electron chi connectivity index (χ2n) is 3.29. The van der Waals surface area contributed by atoms with E-state index in [1.807, 2.05) is 5.41 Å². The number of fused-ring (bicyclic) bond motifs is 1. The van der Waals surface area contributed by atoms with Gasteiger partial charge in [0.15, 0.2) is 0 Å². The normalized spacial score (nSPS) is 13.2. The van der Waals surface area contributed by atoms with Gasteiger partial charge >= 0.3 is 0 Å². The molecule has 0 saturated carbocycles. The fourth-order valence-corrected chi connectivity index (χ4v) is 2.28. The highest BCUT2D eigenvalue weighted by atomic mass is 32.2. The van der Waals surface area contributed by atoms with Crippen LogP contribution in [0, 0.1) is 20.8 Å². The minimum atomic E-state index is 1.10. The molecule has 0 saturated heterocycles. The molecule has 2 heteroatoms. The first kappa shape index (κ1) is 8.61. The Labute approximate surface area is 82.6 Å². The summed E-state index contributed by atoms with van der Waals surface area (Å²) >= 11 is 1.71. The van der Waals surface area contributed by atoms with Crippen molar-refractivity contribution in [2.24, 2.45) is 4.99 Å². The van der Waals surface area contributed by atoms with Crippen LogP contribution in [0.1, 0.15) is 16.7 Å². The summed E-state index contributed by atoms with van der Waals surface area (Å²) in [7, 11) is 0. The summed E-state index contributed by atoms with van der Waals surface area (Å²) < 4.78 is 0. The Morgan fingerprint density at radius 2 is 2.00 bits per heavy atom. The molecule has 66 valence electrons. The van der Waals surface area contributed by atoms with Gasteiger partial charge in [-0.3, -0.25) is 0 Å². The first-order valence-corrected chi connectivity index (χ1v) is 5.13. The Morgan fingerprint density at radius 1 is 1.23 bits per heavy atom. The fourth-order valence-electron chi connectivity index (χ4n) is 1.50. The van der Waals surface area contributed by atoms with Gasteiger partial charge in [-0.2, -0.15) is 0 Å². The first-order chi connectivity index (χ1) is 6.20. The molecule has 0 unspecified atom stereocenters. The van der Waals surface area contributed by atoms with Crippen LogP contribution < -0.4 is 0 Å². The number of benzene rings is 1. The van der Waals surface area contributed by atoms with Crippen LogP contribution in [-0.2, 0) is 0 Å². The maximum Gasteiger partial charge on any atom is 0.0903 e. The fraction of sp³-hybridized carbons (Fsp3) is 0.273. The van der Waals surface area contributed by atoms with E-state index in [1.54, 1.807) is 11.8 Å². The monoisotopic (exact) mass is 189 g/mol. The summed E-state index contributed by atoms with van der Waals surface area (Å²) in [4.78, 5) is 5.57. The quantitative estimate of drug-likeness (QED) is 0.608. The molecule has 1 aliphatic rings. The van der Waals surface area contributed by atoms with Crippen molar-refractivity contribution >= 4 is 23.3 Å². The summed E-state index contributed by atoms with van der Waals surface area (Å²) in [6, 6.07) is 2.22. The minimum absolute atomic E-state index is 1.10. The summed E-state index contributed by atoms with van der Waals surface area (Å²) in [6.07, 6.45) is 0. The van der Waals surface area contributed by atoms with Crippen LogP contribution in [0.5, 0.6) is 0 Å². The zero-order valence-electron chi connectivity index (χ0n) is 8.01. The van der Waals surface area contributed by atoms with Crippen LogP contribution in [0.2, 0.25) is 0 Å². The second-order valence-corrected chi connectivity index (χ2v) is 4.17. The molecule has 0 atom stereocenters. The Balaban J connectivity index is 2.78. The molecule has 0 radical (unpaired) electrons. The molecule has 0 aliphatic carbocycles. The number of hydrogen-bond acceptors (Lipinski definition) is 2. The minimum Gasteiger partial charge on any atom is -0.204 e. The lowest BCUT2D eigenvalue weighted by atomic mass is 10.0. The highest BCUT2D eigenvalue weighted by molar-refractivity contribution is 8.02. The van der Waals surface area contributed by atoms with E-state index in [9.17, 15) is 0 Å². The van der Waals surface area contributed by atoms with E-state index < -0.39 is 0 Å². The summed E-state index contributed by atoms with van der Waals surface area (Å²) in [5.74, 6) is 2.90. The van der Waals surface area contributed by atoms with Gasteiger partial charge in [-0.1, -0.05) is 17.8 Å². The first-order valence-electron chi connectivity index (χ1n) is 4.25. The van der Waals surface area contributed by atoms with Gasteiger partial charge in [0.2, 0.25) is 0 Å². The van der Waals surface area contributed by atoms with Crippen LogP contribution >= 0.6 is 11.8 Å². The predicted molar refractivity (Wildman–Crippen MR) is 58.2 cm³/mol. The molecule has 0 N–H and O–H groups in total. The highest BCUT2D eigenvalue weighted by Gasteiger charge is 2.11. The summed E-state index contributed by atoms with van der Waals surface area (Å²) in [5, 5.41) is 1.91. The zero-order chi connectivity index (χ0) is 9.42. The Morgan fingerprint density at radius 3 is 2.77 bits per heavy atom. The van der Waals surface area contributed by atoms with Gasteiger partial charge < -0.3 is 0 Å². The Hall–Kier alpha value is -0.980. The average Bonchev–Trinajstić information content (AvgIpc) is 2.15. The lowest BCUT2D eigenvalue weighted by Crippen LogP contribution is -1.90. The molecule has 1 aromatic carbocycles. The van der Waals surface area contributed by atoms with Gasteiger partial charge in [0.25, 0.3) is 0 Å². The summed E-state index contributed by atoms with van der Waals surface area (Å²) in [6.45, 7) is 6.37. The third kappa shape index (κ3) is 1.32. The number of hydrogen-bond donors (Lipinski definition) is 0. The number of thioether (sulfide) groups is 1. The molecule has 0 spiro atoms. The second kappa shape index (κ2) is 3.06. The van der Waals surface area contributed by atoms with E-state index in [0.29, 0.717) is 0 Å². The van der Waals surface area contributed by atoms with E-state index in [2.05, 4.69) is 37.7 Å². The maximum atomic E-state index is 4.29. The van der Waals surface area contributed by atoms with E-state index >= 15 is 0 Å². The maximum absolute atomic E-state index is 4.29. The van der Waals surface area contributed by atoms with E-state index in [-0.39, 0.29) is 0 Å². The van der Waals surface area contributed by atoms with Crippen molar-refractivity contribution in [3.8, 4) is 0 Å². The van der Waals surface area contributed by atoms with Crippen molar-refractivity contribution in [3.63, 3.8) is 0 Å². The standard InChI is InChI=1S/C11H11NS/c1-7-6-8(2)11-10(9(7)3)12-4-5-13-11/h5-6H,1-3H3. The van der Waals surface area contributed by atoms with Crippen LogP contribution in [-0.4, -0.2) is 5.87 Å². The lowest BCUT2D eigenvalue weighted by Gasteiger charge is -2.13. The Kier molecular flexibility index (Phi) is 2.03. The smallest absolute Gasteiger partial charge is 0.0903 e. The molecular formula is C11H11NS. The van der Waals surface area contributed by atoms with E-state index in [4.69, 9.17) is 0 Å². The molecule has 0 fully saturated rings. The van der Waals surface area contributed by atoms with Crippen molar-refractivity contribution in [2.75, 3.05) is 0 Å².